The van der Waals surface area contributed by atoms with Gasteiger partial charge in [0.2, 0.25) is 0 Å². The highest BCUT2D eigenvalue weighted by Gasteiger charge is 2.05. The number of nitrogens with one attached hydrogen (secondary N) is 2. The van der Waals surface area contributed by atoms with Crippen molar-refractivity contribution in [3.8, 4) is 0 Å². The van der Waals surface area contributed by atoms with Crippen molar-refractivity contribution in [1.29, 1.82) is 0 Å². The third-order valence-corrected chi connectivity index (χ3v) is 6.03. The fraction of sp³-hybridized carbons (Fsp3) is 0.0833. The van der Waals surface area contributed by atoms with Gasteiger partial charge in [0.05, 0.1) is 22.1 Å². The SMILES string of the molecule is O=c1[nH]c2cc(CCl)ccc2n2cccc12.O=c1[nH]c2cc(CCl)ccc2n2cccc12. The van der Waals surface area contributed by atoms with Crippen LogP contribution in [0.25, 0.3) is 33.1 Å². The third-order valence-electron chi connectivity index (χ3n) is 5.41. The summed E-state index contributed by atoms with van der Waals surface area (Å²) >= 11 is 11.5. The van der Waals surface area contributed by atoms with Crippen LogP contribution >= 0.6 is 23.2 Å². The van der Waals surface area contributed by atoms with Crippen LogP contribution in [-0.2, 0) is 11.8 Å². The zero-order valence-electron chi connectivity index (χ0n) is 16.8. The molecule has 0 aliphatic heterocycles. The van der Waals surface area contributed by atoms with Gasteiger partial charge in [-0.2, -0.15) is 0 Å². The van der Waals surface area contributed by atoms with Gasteiger partial charge in [-0.15, -0.1) is 23.2 Å². The first kappa shape index (κ1) is 20.4. The van der Waals surface area contributed by atoms with E-state index in [1.807, 2.05) is 69.7 Å². The van der Waals surface area contributed by atoms with E-state index in [9.17, 15) is 9.59 Å². The second-order valence-corrected chi connectivity index (χ2v) is 7.94. The normalized spacial score (nSPS) is 11.3. The fourth-order valence-corrected chi connectivity index (χ4v) is 4.21. The zero-order chi connectivity index (χ0) is 22.2. The number of halogens is 2. The summed E-state index contributed by atoms with van der Waals surface area (Å²) in [6, 6.07) is 19.0. The van der Waals surface area contributed by atoms with Crippen LogP contribution in [0.2, 0.25) is 0 Å². The van der Waals surface area contributed by atoms with Gasteiger partial charge < -0.3 is 18.8 Å². The molecule has 8 heteroatoms. The van der Waals surface area contributed by atoms with Crippen LogP contribution < -0.4 is 11.1 Å². The first-order chi connectivity index (χ1) is 15.6. The Bertz CT molecular complexity index is 1580. The smallest absolute Gasteiger partial charge is 0.272 e. The number of rotatable bonds is 2. The minimum Gasteiger partial charge on any atom is -0.319 e. The molecule has 32 heavy (non-hydrogen) atoms. The highest BCUT2D eigenvalue weighted by atomic mass is 35.5. The van der Waals surface area contributed by atoms with Crippen molar-refractivity contribution in [3.63, 3.8) is 0 Å². The number of aromatic nitrogens is 4. The molecule has 0 unspecified atom stereocenters. The van der Waals surface area contributed by atoms with Crippen molar-refractivity contribution in [3.05, 3.63) is 105 Å². The molecular weight excluding hydrogens is 447 g/mol. The zero-order valence-corrected chi connectivity index (χ0v) is 18.3. The molecule has 4 heterocycles. The number of alkyl halides is 2. The summed E-state index contributed by atoms with van der Waals surface area (Å²) in [5.74, 6) is 0.892. The summed E-state index contributed by atoms with van der Waals surface area (Å²) < 4.78 is 3.76. The Morgan fingerprint density at radius 1 is 0.625 bits per heavy atom. The predicted octanol–water partition coefficient (Wildman–Crippen LogP) is 5.04. The molecule has 0 atom stereocenters. The van der Waals surface area contributed by atoms with Crippen LogP contribution in [0.3, 0.4) is 0 Å². The second kappa shape index (κ2) is 8.22. The maximum Gasteiger partial charge on any atom is 0.272 e. The molecule has 2 N–H and O–H groups in total. The lowest BCUT2D eigenvalue weighted by Crippen LogP contribution is -2.09. The average molecular weight is 465 g/mol. The van der Waals surface area contributed by atoms with E-state index in [2.05, 4.69) is 9.97 Å². The van der Waals surface area contributed by atoms with Gasteiger partial charge >= 0.3 is 0 Å². The van der Waals surface area contributed by atoms with Gasteiger partial charge in [-0.05, 0) is 59.7 Å². The predicted molar refractivity (Wildman–Crippen MR) is 130 cm³/mol. The monoisotopic (exact) mass is 464 g/mol. The summed E-state index contributed by atoms with van der Waals surface area (Å²) in [6.45, 7) is 0. The van der Waals surface area contributed by atoms with Crippen LogP contribution in [-0.4, -0.2) is 18.8 Å². The van der Waals surface area contributed by atoms with E-state index >= 15 is 0 Å². The van der Waals surface area contributed by atoms with E-state index in [1.165, 1.54) is 0 Å². The van der Waals surface area contributed by atoms with E-state index < -0.39 is 0 Å². The molecule has 6 nitrogen and oxygen atoms in total. The van der Waals surface area contributed by atoms with Crippen LogP contribution in [0.15, 0.2) is 82.6 Å². The standard InChI is InChI=1S/2C12H9ClN2O/c2*13-7-8-3-4-10-9(6-8)14-12(16)11-2-1-5-15(10)11/h2*1-6H,7H2,(H,14,16). The van der Waals surface area contributed by atoms with E-state index in [0.29, 0.717) is 22.8 Å². The Labute approximate surface area is 191 Å². The molecule has 0 fully saturated rings. The van der Waals surface area contributed by atoms with Crippen molar-refractivity contribution in [2.75, 3.05) is 0 Å². The molecule has 0 saturated carbocycles. The third kappa shape index (κ3) is 3.47. The van der Waals surface area contributed by atoms with Crippen molar-refractivity contribution < 1.29 is 0 Å². The van der Waals surface area contributed by atoms with Crippen molar-refractivity contribution in [1.82, 2.24) is 18.8 Å². The maximum absolute atomic E-state index is 11.7. The Hall–Kier alpha value is -3.48. The highest BCUT2D eigenvalue weighted by molar-refractivity contribution is 6.17. The van der Waals surface area contributed by atoms with Gasteiger partial charge in [0.25, 0.3) is 11.1 Å². The van der Waals surface area contributed by atoms with Gasteiger partial charge in [-0.25, -0.2) is 0 Å². The highest BCUT2D eigenvalue weighted by Crippen LogP contribution is 2.17. The second-order valence-electron chi connectivity index (χ2n) is 7.41. The Kier molecular flexibility index (Phi) is 5.25. The number of aromatic amines is 2. The number of fused-ring (bicyclic) bond motifs is 6. The molecule has 0 aliphatic carbocycles. The molecule has 4 aromatic heterocycles. The van der Waals surface area contributed by atoms with Crippen molar-refractivity contribution in [2.45, 2.75) is 11.8 Å². The van der Waals surface area contributed by atoms with Crippen molar-refractivity contribution in [2.24, 2.45) is 0 Å². The Balaban J connectivity index is 0.000000135. The number of H-pyrrole nitrogens is 2. The molecule has 2 aromatic carbocycles. The molecule has 6 rings (SSSR count). The molecule has 0 radical (unpaired) electrons. The Morgan fingerprint density at radius 3 is 1.47 bits per heavy atom. The summed E-state index contributed by atoms with van der Waals surface area (Å²) in [6.07, 6.45) is 3.76. The molecule has 0 spiro atoms. The molecule has 160 valence electrons. The number of hydrogen-bond acceptors (Lipinski definition) is 2. The largest absolute Gasteiger partial charge is 0.319 e. The molecule has 0 saturated heterocycles. The number of hydrogen-bond donors (Lipinski definition) is 2. The quantitative estimate of drug-likeness (QED) is 0.352. The van der Waals surface area contributed by atoms with Gasteiger partial charge in [0.15, 0.2) is 0 Å². The lowest BCUT2D eigenvalue weighted by molar-refractivity contribution is 1.18. The van der Waals surface area contributed by atoms with Crippen LogP contribution in [0.5, 0.6) is 0 Å². The van der Waals surface area contributed by atoms with Gasteiger partial charge in [0, 0.05) is 24.2 Å². The summed E-state index contributed by atoms with van der Waals surface area (Å²) in [4.78, 5) is 29.2. The molecule has 0 aliphatic rings. The molecule has 6 aromatic rings. The minimum atomic E-state index is -0.0794. The van der Waals surface area contributed by atoms with E-state index in [4.69, 9.17) is 23.2 Å². The fourth-order valence-electron chi connectivity index (χ4n) is 3.88. The topological polar surface area (TPSA) is 74.5 Å². The van der Waals surface area contributed by atoms with E-state index in [1.54, 1.807) is 12.1 Å². The summed E-state index contributed by atoms with van der Waals surface area (Å²) in [5.41, 5.74) is 6.74. The van der Waals surface area contributed by atoms with Gasteiger partial charge in [0.1, 0.15) is 11.0 Å². The van der Waals surface area contributed by atoms with E-state index in [0.717, 1.165) is 33.2 Å². The lowest BCUT2D eigenvalue weighted by atomic mass is 10.2. The molecular formula is C24H18Cl2N4O2. The number of nitrogens with zero attached hydrogens (tertiary/aromatic N) is 2. The van der Waals surface area contributed by atoms with Crippen LogP contribution in [0.1, 0.15) is 11.1 Å². The first-order valence-corrected chi connectivity index (χ1v) is 11.0. The van der Waals surface area contributed by atoms with Crippen LogP contribution in [0.4, 0.5) is 0 Å². The maximum atomic E-state index is 11.7. The number of benzene rings is 2. The first-order valence-electron chi connectivity index (χ1n) is 9.95. The molecule has 0 bridgehead atoms. The molecule has 0 amide bonds. The summed E-state index contributed by atoms with van der Waals surface area (Å²) in [7, 11) is 0. The van der Waals surface area contributed by atoms with Gasteiger partial charge in [-0.1, -0.05) is 12.1 Å². The van der Waals surface area contributed by atoms with Crippen molar-refractivity contribution >= 4 is 56.3 Å². The minimum absolute atomic E-state index is 0.0794. The van der Waals surface area contributed by atoms with E-state index in [-0.39, 0.29) is 11.1 Å². The average Bonchev–Trinajstić information content (AvgIpc) is 3.50. The Morgan fingerprint density at radius 2 is 1.06 bits per heavy atom. The van der Waals surface area contributed by atoms with Crippen LogP contribution in [0, 0.1) is 0 Å². The van der Waals surface area contributed by atoms with Gasteiger partial charge in [-0.3, -0.25) is 9.59 Å². The lowest BCUT2D eigenvalue weighted by Gasteiger charge is -2.04. The summed E-state index contributed by atoms with van der Waals surface area (Å²) in [5, 5.41) is 0.